The molecule has 0 amide bonds. The summed E-state index contributed by atoms with van der Waals surface area (Å²) in [6.07, 6.45) is 62.7. The Balaban J connectivity index is 4.36. The molecule has 0 N–H and O–H groups in total. The number of hydrogen-bond donors (Lipinski definition) is 0. The van der Waals surface area contributed by atoms with Gasteiger partial charge in [-0.1, -0.05) is 243 Å². The van der Waals surface area contributed by atoms with Gasteiger partial charge < -0.3 is 14.2 Å². The number of hydrogen-bond acceptors (Lipinski definition) is 6. The van der Waals surface area contributed by atoms with E-state index in [1.807, 2.05) is 0 Å². The summed E-state index contributed by atoms with van der Waals surface area (Å²) < 4.78 is 16.8. The Hall–Kier alpha value is -2.37. The number of unbranched alkanes of at least 4 members (excludes halogenated alkanes) is 35. The molecule has 0 aliphatic heterocycles. The number of carbonyl (C=O) groups is 3. The Labute approximate surface area is 397 Å². The third-order valence-electron chi connectivity index (χ3n) is 12.4. The van der Waals surface area contributed by atoms with Crippen molar-refractivity contribution in [2.24, 2.45) is 0 Å². The lowest BCUT2D eigenvalue weighted by Gasteiger charge is -2.18. The predicted molar refractivity (Wildman–Crippen MR) is 275 cm³/mol. The summed E-state index contributed by atoms with van der Waals surface area (Å²) in [5.41, 5.74) is 0. The van der Waals surface area contributed by atoms with Gasteiger partial charge in [0, 0.05) is 19.3 Å². The topological polar surface area (TPSA) is 78.9 Å². The van der Waals surface area contributed by atoms with E-state index in [2.05, 4.69) is 57.2 Å². The maximum Gasteiger partial charge on any atom is 0.306 e. The Kier molecular flexibility index (Phi) is 51.3. The van der Waals surface area contributed by atoms with Crippen molar-refractivity contribution >= 4 is 17.9 Å². The van der Waals surface area contributed by atoms with Crippen molar-refractivity contribution in [2.45, 2.75) is 303 Å². The van der Waals surface area contributed by atoms with E-state index in [0.717, 1.165) is 70.6 Å². The van der Waals surface area contributed by atoms with E-state index in [4.69, 9.17) is 14.2 Å². The molecule has 6 nitrogen and oxygen atoms in total. The first-order valence-corrected chi connectivity index (χ1v) is 28.0. The van der Waals surface area contributed by atoms with Gasteiger partial charge in [-0.3, -0.25) is 14.4 Å². The third-order valence-corrected chi connectivity index (χ3v) is 12.4. The van der Waals surface area contributed by atoms with Gasteiger partial charge in [0.1, 0.15) is 13.2 Å². The fourth-order valence-corrected chi connectivity index (χ4v) is 8.14. The molecule has 64 heavy (non-hydrogen) atoms. The van der Waals surface area contributed by atoms with Crippen molar-refractivity contribution in [3.05, 3.63) is 36.5 Å². The van der Waals surface area contributed by atoms with Crippen LogP contribution in [0.1, 0.15) is 297 Å². The Bertz CT molecular complexity index is 1080. The van der Waals surface area contributed by atoms with Crippen LogP contribution in [0.4, 0.5) is 0 Å². The molecule has 0 aromatic carbocycles. The highest BCUT2D eigenvalue weighted by Gasteiger charge is 2.19. The highest BCUT2D eigenvalue weighted by atomic mass is 16.6. The first kappa shape index (κ1) is 61.6. The van der Waals surface area contributed by atoms with Gasteiger partial charge in [-0.15, -0.1) is 0 Å². The second kappa shape index (κ2) is 53.2. The smallest absolute Gasteiger partial charge is 0.306 e. The zero-order valence-corrected chi connectivity index (χ0v) is 42.8. The second-order valence-corrected chi connectivity index (χ2v) is 18.9. The molecule has 0 spiro atoms. The molecule has 374 valence electrons. The maximum absolute atomic E-state index is 12.8. The number of esters is 3. The van der Waals surface area contributed by atoms with E-state index >= 15 is 0 Å². The van der Waals surface area contributed by atoms with Gasteiger partial charge in [0.25, 0.3) is 0 Å². The number of ether oxygens (including phenoxy) is 3. The Morgan fingerprint density at radius 1 is 0.312 bits per heavy atom. The normalized spacial score (nSPS) is 12.2. The molecule has 0 aliphatic carbocycles. The molecule has 0 aliphatic rings. The molecule has 0 radical (unpaired) electrons. The number of carbonyl (C=O) groups excluding carboxylic acids is 3. The molecule has 0 saturated heterocycles. The predicted octanol–water partition coefficient (Wildman–Crippen LogP) is 18.5. The van der Waals surface area contributed by atoms with Crippen LogP contribution in [0.5, 0.6) is 0 Å². The summed E-state index contributed by atoms with van der Waals surface area (Å²) in [5, 5.41) is 0. The molecule has 1 unspecified atom stereocenters. The molecular weight excluding hydrogens is 793 g/mol. The molecule has 0 saturated carbocycles. The van der Waals surface area contributed by atoms with Gasteiger partial charge in [-0.05, 0) is 70.6 Å². The lowest BCUT2D eigenvalue weighted by Crippen LogP contribution is -2.30. The first-order valence-electron chi connectivity index (χ1n) is 28.0. The van der Waals surface area contributed by atoms with E-state index in [1.165, 1.54) is 186 Å². The lowest BCUT2D eigenvalue weighted by atomic mass is 10.0. The van der Waals surface area contributed by atoms with E-state index in [-0.39, 0.29) is 31.1 Å². The maximum atomic E-state index is 12.8. The summed E-state index contributed by atoms with van der Waals surface area (Å²) in [7, 11) is 0. The minimum atomic E-state index is -0.778. The van der Waals surface area contributed by atoms with Gasteiger partial charge in [-0.2, -0.15) is 0 Å². The summed E-state index contributed by atoms with van der Waals surface area (Å²) in [5.74, 6) is -0.882. The van der Waals surface area contributed by atoms with Crippen LogP contribution < -0.4 is 0 Å². The van der Waals surface area contributed by atoms with Gasteiger partial charge in [0.05, 0.1) is 0 Å². The Morgan fingerprint density at radius 2 is 0.562 bits per heavy atom. The minimum Gasteiger partial charge on any atom is -0.462 e. The van der Waals surface area contributed by atoms with Crippen molar-refractivity contribution in [1.82, 2.24) is 0 Å². The van der Waals surface area contributed by atoms with Gasteiger partial charge in [0.2, 0.25) is 0 Å². The fraction of sp³-hybridized carbons (Fsp3) is 0.845. The number of allylic oxidation sites excluding steroid dienone is 6. The fourth-order valence-electron chi connectivity index (χ4n) is 8.14. The van der Waals surface area contributed by atoms with Crippen LogP contribution in [0.25, 0.3) is 0 Å². The van der Waals surface area contributed by atoms with Crippen LogP contribution >= 0.6 is 0 Å². The van der Waals surface area contributed by atoms with Crippen LogP contribution in [0.3, 0.4) is 0 Å². The van der Waals surface area contributed by atoms with Crippen LogP contribution in [-0.2, 0) is 28.6 Å². The van der Waals surface area contributed by atoms with E-state index < -0.39 is 6.10 Å². The van der Waals surface area contributed by atoms with Crippen molar-refractivity contribution < 1.29 is 28.6 Å². The first-order chi connectivity index (χ1) is 31.5. The summed E-state index contributed by atoms with van der Waals surface area (Å²) >= 11 is 0. The zero-order valence-electron chi connectivity index (χ0n) is 42.8. The standard InChI is InChI=1S/C58H106O6/c1-4-7-10-13-16-19-22-25-27-28-29-31-33-36-39-42-45-48-51-57(60)63-54-55(53-62-56(59)50-47-44-41-38-35-32-24-21-18-15-12-9-6-3)64-58(61)52-49-46-43-40-37-34-30-26-23-20-17-14-11-8-5-2/h17,20,23,26,29,31,55H,4-16,18-19,21-22,24-25,27-28,30,32-54H2,1-3H3/b20-17-,26-23-,31-29-. The largest absolute Gasteiger partial charge is 0.462 e. The third kappa shape index (κ3) is 50.6. The lowest BCUT2D eigenvalue weighted by molar-refractivity contribution is -0.167. The van der Waals surface area contributed by atoms with E-state index in [0.29, 0.717) is 19.3 Å². The molecule has 6 heteroatoms. The quantitative estimate of drug-likeness (QED) is 0.0199. The van der Waals surface area contributed by atoms with Crippen LogP contribution in [-0.4, -0.2) is 37.2 Å². The van der Waals surface area contributed by atoms with Crippen molar-refractivity contribution in [3.8, 4) is 0 Å². The van der Waals surface area contributed by atoms with Crippen LogP contribution in [0.2, 0.25) is 0 Å². The van der Waals surface area contributed by atoms with Crippen molar-refractivity contribution in [3.63, 3.8) is 0 Å². The average Bonchev–Trinajstić information content (AvgIpc) is 3.29. The summed E-state index contributed by atoms with van der Waals surface area (Å²) in [6.45, 7) is 6.62. The molecule has 0 aromatic rings. The van der Waals surface area contributed by atoms with Crippen molar-refractivity contribution in [1.29, 1.82) is 0 Å². The van der Waals surface area contributed by atoms with Gasteiger partial charge in [0.15, 0.2) is 6.10 Å². The minimum absolute atomic E-state index is 0.0764. The van der Waals surface area contributed by atoms with Gasteiger partial charge >= 0.3 is 17.9 Å². The molecule has 0 heterocycles. The molecular formula is C58H106O6. The second-order valence-electron chi connectivity index (χ2n) is 18.9. The molecule has 1 atom stereocenters. The van der Waals surface area contributed by atoms with E-state index in [9.17, 15) is 14.4 Å². The number of rotatable bonds is 51. The Morgan fingerprint density at radius 3 is 0.906 bits per heavy atom. The monoisotopic (exact) mass is 899 g/mol. The highest BCUT2D eigenvalue weighted by Crippen LogP contribution is 2.16. The van der Waals surface area contributed by atoms with Gasteiger partial charge in [-0.25, -0.2) is 0 Å². The van der Waals surface area contributed by atoms with Crippen molar-refractivity contribution in [2.75, 3.05) is 13.2 Å². The summed E-state index contributed by atoms with van der Waals surface area (Å²) in [4.78, 5) is 38.1. The molecule has 0 fully saturated rings. The van der Waals surface area contributed by atoms with Crippen LogP contribution in [0.15, 0.2) is 36.5 Å². The average molecular weight is 899 g/mol. The molecule has 0 aromatic heterocycles. The summed E-state index contributed by atoms with van der Waals surface area (Å²) in [6, 6.07) is 0. The highest BCUT2D eigenvalue weighted by molar-refractivity contribution is 5.71. The molecule has 0 bridgehead atoms. The zero-order chi connectivity index (χ0) is 46.5. The SMILES string of the molecule is CCCCC/C=C\C=C/CCCCCCCCC(=O)OC(COC(=O)CCCCCCC/C=C\CCCCCCCCCCC)COC(=O)CCCCCCCCCCCCCCC. The van der Waals surface area contributed by atoms with E-state index in [1.54, 1.807) is 0 Å². The molecule has 0 rings (SSSR count). The van der Waals surface area contributed by atoms with Crippen LogP contribution in [0, 0.1) is 0 Å².